The number of nitrogens with zero attached hydrogens (tertiary/aromatic N) is 2. The molecule has 0 aliphatic heterocycles. The summed E-state index contributed by atoms with van der Waals surface area (Å²) in [5.41, 5.74) is -1.82. The molecule has 0 aromatic heterocycles. The Morgan fingerprint density at radius 2 is 1.36 bits per heavy atom. The molecule has 1 unspecified atom stereocenters. The topological polar surface area (TPSA) is 102 Å². The van der Waals surface area contributed by atoms with E-state index in [1.165, 1.54) is 4.90 Å². The molecule has 0 aliphatic rings. The molecule has 0 heterocycles. The molecule has 0 aliphatic carbocycles. The minimum Gasteiger partial charge on any atom is -0.746 e. The van der Waals surface area contributed by atoms with Gasteiger partial charge in [0, 0.05) is 26.3 Å². The Bertz CT molecular complexity index is 335. The number of rotatable bonds is 9. The molecular formula is C12H29N2NaO6S. The Morgan fingerprint density at radius 1 is 1.00 bits per heavy atom. The molecule has 130 valence electrons. The summed E-state index contributed by atoms with van der Waals surface area (Å²) in [4.78, 5) is 3.47. The molecule has 22 heavy (non-hydrogen) atoms. The smallest absolute Gasteiger partial charge is 0.746 e. The van der Waals surface area contributed by atoms with Crippen LogP contribution < -0.4 is 29.6 Å². The van der Waals surface area contributed by atoms with Crippen molar-refractivity contribution in [2.75, 3.05) is 54.5 Å². The Morgan fingerprint density at radius 3 is 1.55 bits per heavy atom. The van der Waals surface area contributed by atoms with E-state index < -0.39 is 15.6 Å². The standard InChI is InChI=1S/C8H19NO2.C4H11NO4S.Na/c1-5-10-8(11-6-2)7-9(3)4;1-5(2)3-4(6)10(7,8)9;/h8H,5-7H2,1-4H3;4,6H,3H2,1-2H3,(H,7,8,9);/q;;+1/p-1. The van der Waals surface area contributed by atoms with Gasteiger partial charge in [0.25, 0.3) is 0 Å². The Balaban J connectivity index is -0.000000315. The fraction of sp³-hybridized carbons (Fsp3) is 1.00. The summed E-state index contributed by atoms with van der Waals surface area (Å²) in [5, 5.41) is 8.61. The van der Waals surface area contributed by atoms with Crippen LogP contribution in [0.4, 0.5) is 0 Å². The van der Waals surface area contributed by atoms with Gasteiger partial charge in [-0.15, -0.1) is 0 Å². The number of hydrogen-bond acceptors (Lipinski definition) is 8. The fourth-order valence-corrected chi connectivity index (χ4v) is 1.71. The molecule has 0 bridgehead atoms. The second kappa shape index (κ2) is 15.3. The third-order valence-electron chi connectivity index (χ3n) is 2.07. The van der Waals surface area contributed by atoms with E-state index in [-0.39, 0.29) is 42.4 Å². The summed E-state index contributed by atoms with van der Waals surface area (Å²) in [7, 11) is 2.60. The van der Waals surface area contributed by atoms with E-state index in [2.05, 4.69) is 4.90 Å². The molecule has 0 saturated carbocycles. The summed E-state index contributed by atoms with van der Waals surface area (Å²) in [6.45, 7) is 6.02. The van der Waals surface area contributed by atoms with Crippen molar-refractivity contribution in [2.24, 2.45) is 0 Å². The summed E-state index contributed by atoms with van der Waals surface area (Å²) < 4.78 is 40.8. The first-order chi connectivity index (χ1) is 9.54. The number of hydrogen-bond donors (Lipinski definition) is 1. The Kier molecular flexibility index (Phi) is 19.1. The minimum atomic E-state index is -4.53. The molecule has 1 N–H and O–H groups in total. The van der Waals surface area contributed by atoms with E-state index in [4.69, 9.17) is 14.6 Å². The van der Waals surface area contributed by atoms with Crippen LogP contribution in [0.25, 0.3) is 0 Å². The van der Waals surface area contributed by atoms with Crippen LogP contribution in [0.2, 0.25) is 0 Å². The number of ether oxygens (including phenoxy) is 2. The molecule has 0 rings (SSSR count). The van der Waals surface area contributed by atoms with Crippen molar-refractivity contribution < 1.29 is 57.1 Å². The van der Waals surface area contributed by atoms with Gasteiger partial charge in [0.2, 0.25) is 0 Å². The number of aliphatic hydroxyl groups excluding tert-OH is 1. The van der Waals surface area contributed by atoms with Gasteiger partial charge < -0.3 is 28.9 Å². The van der Waals surface area contributed by atoms with Crippen LogP contribution in [0.1, 0.15) is 13.8 Å². The van der Waals surface area contributed by atoms with Crippen LogP contribution >= 0.6 is 0 Å². The Labute approximate surface area is 156 Å². The second-order valence-corrected chi connectivity index (χ2v) is 6.34. The predicted molar refractivity (Wildman–Crippen MR) is 79.9 cm³/mol. The van der Waals surface area contributed by atoms with E-state index >= 15 is 0 Å². The second-order valence-electron chi connectivity index (χ2n) is 4.81. The van der Waals surface area contributed by atoms with Crippen molar-refractivity contribution in [3.63, 3.8) is 0 Å². The van der Waals surface area contributed by atoms with Gasteiger partial charge >= 0.3 is 29.6 Å². The zero-order valence-electron chi connectivity index (χ0n) is 14.8. The van der Waals surface area contributed by atoms with Gasteiger partial charge in [-0.25, -0.2) is 8.42 Å². The molecule has 0 amide bonds. The van der Waals surface area contributed by atoms with Gasteiger partial charge in [0.15, 0.2) is 11.7 Å². The molecule has 0 radical (unpaired) electrons. The van der Waals surface area contributed by atoms with Crippen molar-refractivity contribution in [1.29, 1.82) is 0 Å². The number of aliphatic hydroxyl groups is 1. The van der Waals surface area contributed by atoms with Crippen molar-refractivity contribution >= 4 is 10.1 Å². The quantitative estimate of drug-likeness (QED) is 0.258. The maximum absolute atomic E-state index is 10.0. The monoisotopic (exact) mass is 352 g/mol. The van der Waals surface area contributed by atoms with Gasteiger partial charge in [-0.2, -0.15) is 0 Å². The van der Waals surface area contributed by atoms with E-state index in [9.17, 15) is 13.0 Å². The van der Waals surface area contributed by atoms with Crippen LogP contribution in [0.3, 0.4) is 0 Å². The van der Waals surface area contributed by atoms with E-state index in [0.717, 1.165) is 6.54 Å². The average Bonchev–Trinajstić information content (AvgIpc) is 2.27. The first-order valence-electron chi connectivity index (χ1n) is 6.69. The van der Waals surface area contributed by atoms with E-state index in [0.29, 0.717) is 13.2 Å². The minimum absolute atomic E-state index is 0. The first kappa shape index (κ1) is 27.6. The zero-order chi connectivity index (χ0) is 17.1. The van der Waals surface area contributed by atoms with Crippen molar-refractivity contribution in [1.82, 2.24) is 9.80 Å². The fourth-order valence-electron chi connectivity index (χ4n) is 1.23. The van der Waals surface area contributed by atoms with Gasteiger partial charge in [0.05, 0.1) is 0 Å². The maximum Gasteiger partial charge on any atom is 1.00 e. The predicted octanol–water partition coefficient (Wildman–Crippen LogP) is -3.64. The largest absolute Gasteiger partial charge is 1.00 e. The van der Waals surface area contributed by atoms with Crippen molar-refractivity contribution in [3.8, 4) is 0 Å². The van der Waals surface area contributed by atoms with Crippen LogP contribution in [0.5, 0.6) is 0 Å². The Hall–Kier alpha value is 0.710. The van der Waals surface area contributed by atoms with Crippen molar-refractivity contribution in [2.45, 2.75) is 25.6 Å². The third kappa shape index (κ3) is 18.8. The van der Waals surface area contributed by atoms with Gasteiger partial charge in [-0.05, 0) is 42.0 Å². The molecule has 8 nitrogen and oxygen atoms in total. The molecule has 0 aromatic carbocycles. The first-order valence-corrected chi connectivity index (χ1v) is 8.17. The van der Waals surface area contributed by atoms with E-state index in [1.54, 1.807) is 14.1 Å². The average molecular weight is 352 g/mol. The molecule has 1 atom stereocenters. The molecular weight excluding hydrogens is 323 g/mol. The molecule has 0 spiro atoms. The molecule has 0 aromatic rings. The normalized spacial score (nSPS) is 12.9. The zero-order valence-corrected chi connectivity index (χ0v) is 17.6. The van der Waals surface area contributed by atoms with Gasteiger partial charge in [0.1, 0.15) is 10.1 Å². The van der Waals surface area contributed by atoms with Gasteiger partial charge in [-0.3, -0.25) is 0 Å². The summed E-state index contributed by atoms with van der Waals surface area (Å²) >= 11 is 0. The summed E-state index contributed by atoms with van der Waals surface area (Å²) in [6, 6.07) is 0. The maximum atomic E-state index is 10.0. The SMILES string of the molecule is CCOC(CN(C)C)OCC.CN(C)CC(O)S(=O)(=O)[O-].[Na+]. The summed E-state index contributed by atoms with van der Waals surface area (Å²) in [5.74, 6) is 0. The van der Waals surface area contributed by atoms with Crippen molar-refractivity contribution in [3.05, 3.63) is 0 Å². The molecule has 0 saturated heterocycles. The molecule has 0 fully saturated rings. The van der Waals surface area contributed by atoms with Crippen LogP contribution in [0, 0.1) is 0 Å². The third-order valence-corrected chi connectivity index (χ3v) is 2.89. The van der Waals surface area contributed by atoms with Crippen LogP contribution in [0.15, 0.2) is 0 Å². The van der Waals surface area contributed by atoms with Gasteiger partial charge in [-0.1, -0.05) is 0 Å². The summed E-state index contributed by atoms with van der Waals surface area (Å²) in [6.07, 6.45) is -0.0694. The van der Waals surface area contributed by atoms with Crippen LogP contribution in [-0.4, -0.2) is 94.1 Å². The van der Waals surface area contributed by atoms with E-state index in [1.807, 2.05) is 27.9 Å². The number of likely N-dealkylation sites (N-methyl/N-ethyl adjacent to an activating group) is 2. The van der Waals surface area contributed by atoms with Crippen LogP contribution in [-0.2, 0) is 19.6 Å². The molecule has 10 heteroatoms.